The van der Waals surface area contributed by atoms with Crippen molar-refractivity contribution in [2.75, 3.05) is 58.4 Å². The van der Waals surface area contributed by atoms with E-state index in [4.69, 9.17) is 5.11 Å². The Bertz CT molecular complexity index is 1320. The molecule has 1 saturated carbocycles. The van der Waals surface area contributed by atoms with E-state index in [-0.39, 0.29) is 18.9 Å². The van der Waals surface area contributed by atoms with Crippen LogP contribution in [0.4, 0.5) is 31.9 Å². The van der Waals surface area contributed by atoms with Crippen LogP contribution in [-0.2, 0) is 14.8 Å². The number of aliphatic hydroxyl groups excluding tert-OH is 1. The molecule has 0 bridgehead atoms. The number of hydrogen-bond donors (Lipinski definition) is 3. The van der Waals surface area contributed by atoms with E-state index in [0.29, 0.717) is 34.0 Å². The Morgan fingerprint density at radius 1 is 1.15 bits per heavy atom. The van der Waals surface area contributed by atoms with Gasteiger partial charge in [0.05, 0.1) is 35.4 Å². The number of sulfonamides is 1. The maximum absolute atomic E-state index is 13.5. The van der Waals surface area contributed by atoms with Crippen molar-refractivity contribution in [2.24, 2.45) is 5.41 Å². The minimum Gasteiger partial charge on any atom is -0.395 e. The number of piperidine rings is 1. The van der Waals surface area contributed by atoms with E-state index in [1.165, 1.54) is 18.9 Å². The van der Waals surface area contributed by atoms with E-state index in [0.717, 1.165) is 25.9 Å². The first-order valence-corrected chi connectivity index (χ1v) is 14.6. The highest BCUT2D eigenvalue weighted by Crippen LogP contribution is 2.54. The predicted octanol–water partition coefficient (Wildman–Crippen LogP) is 2.58. The Morgan fingerprint density at radius 2 is 1.87 bits per heavy atom. The van der Waals surface area contributed by atoms with Crippen molar-refractivity contribution in [3.05, 3.63) is 35.5 Å². The topological polar surface area (TPSA) is 137 Å². The minimum absolute atomic E-state index is 0.218. The molecule has 2 aromatic rings. The Balaban J connectivity index is 1.36. The zero-order valence-electron chi connectivity index (χ0n) is 21.6. The summed E-state index contributed by atoms with van der Waals surface area (Å²) in [4.78, 5) is 26.0. The molecule has 11 nitrogen and oxygen atoms in total. The molecule has 1 amide bonds. The van der Waals surface area contributed by atoms with Crippen molar-refractivity contribution in [1.82, 2.24) is 9.97 Å². The third kappa shape index (κ3) is 6.56. The number of benzene rings is 1. The van der Waals surface area contributed by atoms with Crippen molar-refractivity contribution in [3.8, 4) is 0 Å². The standard InChI is InChI=1S/C25H32F2N6O5S/c1-16-12-21(30-24(28-16)33-14-18(15-33)38-23(26)27)29-22(35)19-3-2-17(31-39(36,37)11-10-34)13-20(19)32-8-6-25(4-5-25)7-9-32/h2-3,12-13,18,23,31,34H,4-11,14-15H2,1H3,(H,28,29,30,35). The van der Waals surface area contributed by atoms with E-state index in [1.807, 2.05) is 0 Å². The molecular weight excluding hydrogens is 534 g/mol. The molecule has 1 aliphatic carbocycles. The number of aliphatic hydroxyl groups is 1. The van der Waals surface area contributed by atoms with Crippen LogP contribution < -0.4 is 19.8 Å². The first-order valence-electron chi connectivity index (χ1n) is 12.9. The van der Waals surface area contributed by atoms with Gasteiger partial charge in [-0.3, -0.25) is 9.52 Å². The number of alkyl halides is 2. The summed E-state index contributed by atoms with van der Waals surface area (Å²) in [5.74, 6) is -0.292. The highest BCUT2D eigenvalue weighted by Gasteiger charge is 2.44. The van der Waals surface area contributed by atoms with Gasteiger partial charge < -0.3 is 25.0 Å². The molecule has 14 heteroatoms. The average molecular weight is 567 g/mol. The quantitative estimate of drug-likeness (QED) is 0.396. The van der Waals surface area contributed by atoms with Crippen molar-refractivity contribution in [1.29, 1.82) is 0 Å². The summed E-state index contributed by atoms with van der Waals surface area (Å²) in [6.07, 6.45) is 3.85. The number of carbonyl (C=O) groups excluding carboxylic acids is 1. The molecule has 3 aliphatic rings. The summed E-state index contributed by atoms with van der Waals surface area (Å²) in [6.45, 7) is 0.333. The summed E-state index contributed by atoms with van der Waals surface area (Å²) in [7, 11) is -3.74. The number of halogens is 2. The van der Waals surface area contributed by atoms with Gasteiger partial charge in [-0.1, -0.05) is 0 Å². The van der Waals surface area contributed by atoms with Crippen LogP contribution in [0, 0.1) is 12.3 Å². The molecule has 1 spiro atoms. The second-order valence-corrected chi connectivity index (χ2v) is 12.3. The van der Waals surface area contributed by atoms with Gasteiger partial charge in [0, 0.05) is 37.9 Å². The molecule has 0 atom stereocenters. The molecule has 0 radical (unpaired) electrons. The highest BCUT2D eigenvalue weighted by atomic mass is 32.2. The zero-order valence-corrected chi connectivity index (χ0v) is 22.4. The second kappa shape index (κ2) is 10.8. The van der Waals surface area contributed by atoms with Crippen LogP contribution in [0.2, 0.25) is 0 Å². The minimum atomic E-state index is -3.74. The van der Waals surface area contributed by atoms with Crippen LogP contribution in [0.15, 0.2) is 24.3 Å². The molecule has 0 unspecified atom stereocenters. The summed E-state index contributed by atoms with van der Waals surface area (Å²) in [6, 6.07) is 6.34. The summed E-state index contributed by atoms with van der Waals surface area (Å²) >= 11 is 0. The van der Waals surface area contributed by atoms with Gasteiger partial charge in [-0.25, -0.2) is 13.4 Å². The van der Waals surface area contributed by atoms with Crippen LogP contribution in [0.5, 0.6) is 0 Å². The summed E-state index contributed by atoms with van der Waals surface area (Å²) < 4.78 is 56.3. The maximum atomic E-state index is 13.5. The van der Waals surface area contributed by atoms with E-state index in [9.17, 15) is 22.0 Å². The average Bonchev–Trinajstić information content (AvgIpc) is 3.59. The number of carbonyl (C=O) groups is 1. The molecule has 2 saturated heterocycles. The smallest absolute Gasteiger partial charge is 0.345 e. The molecule has 3 N–H and O–H groups in total. The Labute approximate surface area is 225 Å². The molecule has 3 heterocycles. The number of aromatic nitrogens is 2. The number of nitrogens with zero attached hydrogens (tertiary/aromatic N) is 4. The number of aryl methyl sites for hydroxylation is 1. The van der Waals surface area contributed by atoms with Gasteiger partial charge in [-0.15, -0.1) is 0 Å². The SMILES string of the molecule is Cc1cc(NC(=O)c2ccc(NS(=O)(=O)CCO)cc2N2CCC3(CC2)CC3)nc(N2CC(OC(F)F)C2)n1. The van der Waals surface area contributed by atoms with Crippen LogP contribution in [0.1, 0.15) is 41.7 Å². The third-order valence-electron chi connectivity index (χ3n) is 7.51. The zero-order chi connectivity index (χ0) is 27.8. The van der Waals surface area contributed by atoms with Gasteiger partial charge in [-0.05, 0) is 56.2 Å². The normalized spacial score (nSPS) is 18.8. The maximum Gasteiger partial charge on any atom is 0.345 e. The lowest BCUT2D eigenvalue weighted by Gasteiger charge is -2.38. The van der Waals surface area contributed by atoms with E-state index >= 15 is 0 Å². The monoisotopic (exact) mass is 566 g/mol. The molecule has 2 aliphatic heterocycles. The van der Waals surface area contributed by atoms with Gasteiger partial charge >= 0.3 is 6.61 Å². The van der Waals surface area contributed by atoms with Gasteiger partial charge in [0.1, 0.15) is 5.82 Å². The van der Waals surface area contributed by atoms with Crippen LogP contribution in [0.25, 0.3) is 0 Å². The Kier molecular flexibility index (Phi) is 7.62. The van der Waals surface area contributed by atoms with Crippen LogP contribution in [-0.4, -0.2) is 80.7 Å². The summed E-state index contributed by atoms with van der Waals surface area (Å²) in [5, 5.41) is 11.9. The molecule has 3 fully saturated rings. The Hall–Kier alpha value is -3.10. The molecule has 39 heavy (non-hydrogen) atoms. The van der Waals surface area contributed by atoms with Crippen molar-refractivity contribution >= 4 is 39.1 Å². The fourth-order valence-corrected chi connectivity index (χ4v) is 5.90. The molecule has 1 aromatic carbocycles. The molecule has 1 aromatic heterocycles. The van der Waals surface area contributed by atoms with Crippen LogP contribution in [0.3, 0.4) is 0 Å². The first-order chi connectivity index (χ1) is 18.5. The largest absolute Gasteiger partial charge is 0.395 e. The van der Waals surface area contributed by atoms with Gasteiger partial charge in [-0.2, -0.15) is 13.8 Å². The predicted molar refractivity (Wildman–Crippen MR) is 142 cm³/mol. The van der Waals surface area contributed by atoms with Gasteiger partial charge in [0.2, 0.25) is 16.0 Å². The first kappa shape index (κ1) is 27.5. The number of hydrogen-bond acceptors (Lipinski definition) is 9. The fraction of sp³-hybridized carbons (Fsp3) is 0.560. The highest BCUT2D eigenvalue weighted by molar-refractivity contribution is 7.92. The van der Waals surface area contributed by atoms with Crippen molar-refractivity contribution < 1.29 is 31.8 Å². The third-order valence-corrected chi connectivity index (χ3v) is 8.77. The van der Waals surface area contributed by atoms with Crippen LogP contribution >= 0.6 is 0 Å². The van der Waals surface area contributed by atoms with E-state index in [1.54, 1.807) is 30.0 Å². The molecule has 5 rings (SSSR count). The van der Waals surface area contributed by atoms with Crippen molar-refractivity contribution in [2.45, 2.75) is 45.3 Å². The number of amides is 1. The fourth-order valence-electron chi connectivity index (χ4n) is 5.07. The number of rotatable bonds is 10. The Morgan fingerprint density at radius 3 is 2.51 bits per heavy atom. The second-order valence-electron chi connectivity index (χ2n) is 10.4. The lowest BCUT2D eigenvalue weighted by molar-refractivity contribution is -0.167. The lowest BCUT2D eigenvalue weighted by atomic mass is 9.93. The summed E-state index contributed by atoms with van der Waals surface area (Å²) in [5.41, 5.74) is 2.27. The number of anilines is 4. The van der Waals surface area contributed by atoms with E-state index in [2.05, 4.69) is 29.6 Å². The molecular formula is C25H32F2N6O5S. The van der Waals surface area contributed by atoms with Crippen molar-refractivity contribution in [3.63, 3.8) is 0 Å². The van der Waals surface area contributed by atoms with Gasteiger partial charge in [0.15, 0.2) is 0 Å². The van der Waals surface area contributed by atoms with E-state index < -0.39 is 41.0 Å². The van der Waals surface area contributed by atoms with Gasteiger partial charge in [0.25, 0.3) is 5.91 Å². The number of nitrogens with one attached hydrogen (secondary N) is 2. The number of ether oxygens (including phenoxy) is 1. The lowest BCUT2D eigenvalue weighted by Crippen LogP contribution is -2.53. The molecule has 212 valence electrons.